The molecule has 3 heterocycles. The fourth-order valence-corrected chi connectivity index (χ4v) is 4.87. The zero-order valence-corrected chi connectivity index (χ0v) is 16.5. The molecule has 0 bridgehead atoms. The summed E-state index contributed by atoms with van der Waals surface area (Å²) in [5, 5.41) is 12.1. The van der Waals surface area contributed by atoms with Crippen molar-refractivity contribution in [3.05, 3.63) is 71.7 Å². The number of hydrogen-bond donors (Lipinski definition) is 2. The van der Waals surface area contributed by atoms with Crippen molar-refractivity contribution in [3.63, 3.8) is 0 Å². The number of Topliss-reactive ketones (excluding diaryl/α,β-unsaturated/α-hetero) is 1. The lowest BCUT2D eigenvalue weighted by atomic mass is 9.91. The second kappa shape index (κ2) is 7.44. The molecule has 0 radical (unpaired) electrons. The van der Waals surface area contributed by atoms with Gasteiger partial charge in [0, 0.05) is 41.1 Å². The predicted octanol–water partition coefficient (Wildman–Crippen LogP) is 4.32. The number of nitrogens with zero attached hydrogens (tertiary/aromatic N) is 2. The van der Waals surface area contributed by atoms with Gasteiger partial charge in [-0.25, -0.2) is 0 Å². The molecular formula is C24H23N3O3. The van der Waals surface area contributed by atoms with Gasteiger partial charge in [0.25, 0.3) is 11.7 Å². The molecule has 2 aliphatic rings. The lowest BCUT2D eigenvalue weighted by molar-refractivity contribution is -0.141. The van der Waals surface area contributed by atoms with E-state index in [0.717, 1.165) is 48.6 Å². The van der Waals surface area contributed by atoms with E-state index in [1.807, 2.05) is 36.4 Å². The van der Waals surface area contributed by atoms with Gasteiger partial charge in [-0.3, -0.25) is 14.6 Å². The van der Waals surface area contributed by atoms with Crippen LogP contribution in [0, 0.1) is 0 Å². The number of H-pyrrole nitrogens is 1. The number of fused-ring (bicyclic) bond motifs is 1. The fraction of sp³-hybridized carbons (Fsp3) is 0.292. The van der Waals surface area contributed by atoms with Gasteiger partial charge in [0.15, 0.2) is 0 Å². The van der Waals surface area contributed by atoms with Crippen molar-refractivity contribution in [1.82, 2.24) is 14.9 Å². The highest BCUT2D eigenvalue weighted by molar-refractivity contribution is 6.46. The monoisotopic (exact) mass is 401 g/mol. The summed E-state index contributed by atoms with van der Waals surface area (Å²) in [6.45, 7) is 0. The minimum atomic E-state index is -0.620. The molecule has 1 saturated carbocycles. The molecule has 30 heavy (non-hydrogen) atoms. The second-order valence-corrected chi connectivity index (χ2v) is 8.03. The number of aliphatic hydroxyl groups is 1. The van der Waals surface area contributed by atoms with Crippen molar-refractivity contribution in [2.24, 2.45) is 0 Å². The third-order valence-electron chi connectivity index (χ3n) is 6.31. The number of amides is 1. The van der Waals surface area contributed by atoms with E-state index in [0.29, 0.717) is 5.56 Å². The number of aromatic nitrogens is 2. The Bertz CT molecular complexity index is 1140. The molecule has 1 atom stereocenters. The van der Waals surface area contributed by atoms with Crippen LogP contribution in [0.3, 0.4) is 0 Å². The van der Waals surface area contributed by atoms with Crippen LogP contribution in [0.2, 0.25) is 0 Å². The quantitative estimate of drug-likeness (QED) is 0.389. The summed E-state index contributed by atoms with van der Waals surface area (Å²) in [6.07, 6.45) is 9.99. The van der Waals surface area contributed by atoms with Crippen molar-refractivity contribution in [3.8, 4) is 0 Å². The first-order chi connectivity index (χ1) is 14.7. The Labute approximate surface area is 174 Å². The summed E-state index contributed by atoms with van der Waals surface area (Å²) in [4.78, 5) is 35.2. The maximum Gasteiger partial charge on any atom is 0.295 e. The van der Waals surface area contributed by atoms with E-state index in [9.17, 15) is 14.7 Å². The molecule has 6 heteroatoms. The van der Waals surface area contributed by atoms with Gasteiger partial charge in [-0.1, -0.05) is 37.5 Å². The predicted molar refractivity (Wildman–Crippen MR) is 114 cm³/mol. The molecule has 1 unspecified atom stereocenters. The van der Waals surface area contributed by atoms with Crippen LogP contribution in [-0.4, -0.2) is 37.7 Å². The second-order valence-electron chi connectivity index (χ2n) is 8.03. The maximum atomic E-state index is 13.2. The maximum absolute atomic E-state index is 13.2. The van der Waals surface area contributed by atoms with Gasteiger partial charge in [0.2, 0.25) is 0 Å². The molecule has 2 fully saturated rings. The fourth-order valence-electron chi connectivity index (χ4n) is 4.87. The first-order valence-corrected chi connectivity index (χ1v) is 10.4. The summed E-state index contributed by atoms with van der Waals surface area (Å²) in [5.74, 6) is -1.28. The summed E-state index contributed by atoms with van der Waals surface area (Å²) in [7, 11) is 0. The van der Waals surface area contributed by atoms with Gasteiger partial charge in [0.1, 0.15) is 5.76 Å². The lowest BCUT2D eigenvalue weighted by Crippen LogP contribution is -2.40. The van der Waals surface area contributed by atoms with Gasteiger partial charge in [0.05, 0.1) is 11.6 Å². The Kier molecular flexibility index (Phi) is 4.62. The van der Waals surface area contributed by atoms with Gasteiger partial charge in [-0.2, -0.15) is 0 Å². The van der Waals surface area contributed by atoms with Crippen LogP contribution in [-0.2, 0) is 9.59 Å². The van der Waals surface area contributed by atoms with Crippen molar-refractivity contribution < 1.29 is 14.7 Å². The summed E-state index contributed by atoms with van der Waals surface area (Å²) in [6, 6.07) is 10.6. The van der Waals surface area contributed by atoms with Crippen LogP contribution in [0.1, 0.15) is 49.3 Å². The van der Waals surface area contributed by atoms with Gasteiger partial charge >= 0.3 is 0 Å². The molecule has 2 aromatic heterocycles. The highest BCUT2D eigenvalue weighted by Crippen LogP contribution is 2.43. The summed E-state index contributed by atoms with van der Waals surface area (Å²) in [5.41, 5.74) is 2.34. The van der Waals surface area contributed by atoms with Crippen molar-refractivity contribution in [1.29, 1.82) is 0 Å². The van der Waals surface area contributed by atoms with E-state index in [4.69, 9.17) is 0 Å². The van der Waals surface area contributed by atoms with Crippen LogP contribution >= 0.6 is 0 Å². The van der Waals surface area contributed by atoms with Gasteiger partial charge < -0.3 is 15.0 Å². The standard InChI is InChI=1S/C24H23N3O3/c28-22(18-14-26-19-9-5-4-8-17(18)19)20-21(15-10-12-25-13-11-15)27(24(30)23(20)29)16-6-2-1-3-7-16/h4-5,8-14,16,21,26,28H,1-3,6-7H2/b22-20-. The average Bonchev–Trinajstić information content (AvgIpc) is 3.34. The first-order valence-electron chi connectivity index (χ1n) is 10.4. The van der Waals surface area contributed by atoms with Crippen molar-refractivity contribution >= 4 is 28.4 Å². The number of ketones is 1. The third kappa shape index (κ3) is 2.91. The van der Waals surface area contributed by atoms with E-state index >= 15 is 0 Å². The number of likely N-dealkylation sites (tertiary alicyclic amines) is 1. The van der Waals surface area contributed by atoms with Gasteiger partial charge in [-0.15, -0.1) is 0 Å². The molecule has 1 aromatic carbocycles. The van der Waals surface area contributed by atoms with E-state index in [1.54, 1.807) is 23.5 Å². The molecule has 5 rings (SSSR count). The Balaban J connectivity index is 1.69. The molecule has 1 aliphatic heterocycles. The molecule has 0 spiro atoms. The minimum absolute atomic E-state index is 0.00151. The number of nitrogens with one attached hydrogen (secondary N) is 1. The Morgan fingerprint density at radius 3 is 2.53 bits per heavy atom. The zero-order valence-electron chi connectivity index (χ0n) is 16.5. The number of pyridine rings is 1. The average molecular weight is 401 g/mol. The zero-order chi connectivity index (χ0) is 20.7. The Morgan fingerprint density at radius 2 is 1.77 bits per heavy atom. The molecule has 152 valence electrons. The summed E-state index contributed by atoms with van der Waals surface area (Å²) < 4.78 is 0. The van der Waals surface area contributed by atoms with Crippen LogP contribution < -0.4 is 0 Å². The van der Waals surface area contributed by atoms with E-state index < -0.39 is 17.7 Å². The molecule has 1 amide bonds. The molecular weight excluding hydrogens is 378 g/mol. The number of benzene rings is 1. The Morgan fingerprint density at radius 1 is 1.03 bits per heavy atom. The molecule has 2 N–H and O–H groups in total. The Hall–Kier alpha value is -3.41. The molecule has 1 aliphatic carbocycles. The van der Waals surface area contributed by atoms with E-state index in [2.05, 4.69) is 9.97 Å². The number of para-hydroxylation sites is 1. The largest absolute Gasteiger partial charge is 0.507 e. The van der Waals surface area contributed by atoms with Crippen LogP contribution in [0.25, 0.3) is 16.7 Å². The molecule has 3 aromatic rings. The highest BCUT2D eigenvalue weighted by Gasteiger charge is 2.49. The molecule has 1 saturated heterocycles. The third-order valence-corrected chi connectivity index (χ3v) is 6.31. The van der Waals surface area contributed by atoms with E-state index in [-0.39, 0.29) is 17.4 Å². The minimum Gasteiger partial charge on any atom is -0.507 e. The van der Waals surface area contributed by atoms with Crippen LogP contribution in [0.4, 0.5) is 0 Å². The number of aliphatic hydroxyl groups excluding tert-OH is 1. The van der Waals surface area contributed by atoms with Gasteiger partial charge in [-0.05, 0) is 36.6 Å². The molecule has 6 nitrogen and oxygen atoms in total. The number of rotatable bonds is 3. The number of carbonyl (C=O) groups excluding carboxylic acids is 2. The SMILES string of the molecule is O=C1C(=O)N(C2CCCCC2)C(c2ccncc2)/C1=C(/O)c1c[nH]c2ccccc12. The highest BCUT2D eigenvalue weighted by atomic mass is 16.3. The smallest absolute Gasteiger partial charge is 0.295 e. The number of aromatic amines is 1. The first kappa shape index (κ1) is 18.6. The van der Waals surface area contributed by atoms with Crippen molar-refractivity contribution in [2.75, 3.05) is 0 Å². The summed E-state index contributed by atoms with van der Waals surface area (Å²) >= 11 is 0. The normalized spacial score (nSPS) is 22.1. The van der Waals surface area contributed by atoms with Crippen LogP contribution in [0.15, 0.2) is 60.6 Å². The number of carbonyl (C=O) groups is 2. The van der Waals surface area contributed by atoms with Crippen LogP contribution in [0.5, 0.6) is 0 Å². The van der Waals surface area contributed by atoms with Crippen molar-refractivity contribution in [2.45, 2.75) is 44.2 Å². The van der Waals surface area contributed by atoms with E-state index in [1.165, 1.54) is 0 Å². The number of hydrogen-bond acceptors (Lipinski definition) is 4. The lowest BCUT2D eigenvalue weighted by Gasteiger charge is -2.35. The topological polar surface area (TPSA) is 86.3 Å².